The van der Waals surface area contributed by atoms with Gasteiger partial charge in [0.2, 0.25) is 0 Å². The van der Waals surface area contributed by atoms with Gasteiger partial charge >= 0.3 is 5.97 Å². The van der Waals surface area contributed by atoms with E-state index in [1.807, 2.05) is 52.2 Å². The first-order valence-corrected chi connectivity index (χ1v) is 22.9. The van der Waals surface area contributed by atoms with Gasteiger partial charge in [-0.25, -0.2) is 4.68 Å². The third-order valence-corrected chi connectivity index (χ3v) is 14.5. The van der Waals surface area contributed by atoms with E-state index in [1.165, 1.54) is 14.0 Å². The van der Waals surface area contributed by atoms with Crippen LogP contribution in [-0.4, -0.2) is 169 Å². The summed E-state index contributed by atoms with van der Waals surface area (Å²) in [7, 11) is 3.44. The Hall–Kier alpha value is -3.01. The molecule has 6 heterocycles. The average Bonchev–Trinajstić information content (AvgIpc) is 3.90. The summed E-state index contributed by atoms with van der Waals surface area (Å²) in [5.41, 5.74) is -2.58. The van der Waals surface area contributed by atoms with Crippen molar-refractivity contribution in [2.45, 2.75) is 185 Å². The number of Topliss-reactive ketones (excluding diaryl/α,β-unsaturated/α-hetero) is 1. The molecule has 4 fully saturated rings. The number of cyclic esters (lactones) is 1. The Morgan fingerprint density at radius 2 is 1.70 bits per heavy atom. The van der Waals surface area contributed by atoms with Crippen molar-refractivity contribution in [3.05, 3.63) is 42.0 Å². The highest BCUT2D eigenvalue weighted by Gasteiger charge is 2.56. The number of hydrogen-bond donors (Lipinski definition) is 4. The van der Waals surface area contributed by atoms with Crippen molar-refractivity contribution in [3.8, 4) is 0 Å². The predicted octanol–water partition coefficient (Wildman–Crippen LogP) is 2.45. The van der Waals surface area contributed by atoms with Crippen molar-refractivity contribution in [2.75, 3.05) is 27.3 Å². The van der Waals surface area contributed by atoms with Gasteiger partial charge in [-0.1, -0.05) is 32.1 Å². The molecule has 4 saturated heterocycles. The fourth-order valence-electron chi connectivity index (χ4n) is 10.3. The molecule has 0 saturated carbocycles. The van der Waals surface area contributed by atoms with Crippen molar-refractivity contribution in [2.24, 2.45) is 23.7 Å². The fourth-order valence-corrected chi connectivity index (χ4v) is 10.3. The Bertz CT molecular complexity index is 1860. The quantitative estimate of drug-likeness (QED) is 0.225. The highest BCUT2D eigenvalue weighted by Crippen LogP contribution is 2.44. The summed E-state index contributed by atoms with van der Waals surface area (Å²) < 4.78 is 46.6. The van der Waals surface area contributed by atoms with Gasteiger partial charge in [-0.2, -0.15) is 0 Å². The Morgan fingerprint density at radius 3 is 2.38 bits per heavy atom. The maximum atomic E-state index is 14.4. The summed E-state index contributed by atoms with van der Waals surface area (Å²) in [6.45, 7) is 16.5. The van der Waals surface area contributed by atoms with Crippen LogP contribution < -0.4 is 0 Å². The van der Waals surface area contributed by atoms with Crippen molar-refractivity contribution in [1.29, 1.82) is 0 Å². The van der Waals surface area contributed by atoms with Crippen LogP contribution in [0.25, 0.3) is 0 Å². The van der Waals surface area contributed by atoms with Gasteiger partial charge in [0.25, 0.3) is 0 Å². The fraction of sp³-hybridized carbons (Fsp3) is 0.804. The molecule has 6 rings (SSSR count). The van der Waals surface area contributed by atoms with Gasteiger partial charge in [-0.15, -0.1) is 5.10 Å². The number of likely N-dealkylation sites (N-methyl/N-ethyl adjacent to an activating group) is 1. The van der Waals surface area contributed by atoms with E-state index < -0.39 is 108 Å². The van der Waals surface area contributed by atoms with Gasteiger partial charge in [0.05, 0.1) is 72.2 Å². The van der Waals surface area contributed by atoms with Gasteiger partial charge in [-0.3, -0.25) is 14.6 Å². The number of methoxy groups -OCH3 is 1. The number of carbonyl (C=O) groups is 2. The van der Waals surface area contributed by atoms with E-state index in [4.69, 9.17) is 33.2 Å². The highest BCUT2D eigenvalue weighted by atomic mass is 16.7. The van der Waals surface area contributed by atoms with Crippen LogP contribution in [-0.2, 0) is 55.7 Å². The highest BCUT2D eigenvalue weighted by molar-refractivity contribution is 5.84. The maximum Gasteiger partial charge on any atom is 0.311 e. The van der Waals surface area contributed by atoms with Gasteiger partial charge in [0.15, 0.2) is 12.6 Å². The molecule has 0 unspecified atom stereocenters. The molecule has 0 spiro atoms. The van der Waals surface area contributed by atoms with Crippen molar-refractivity contribution in [1.82, 2.24) is 24.9 Å². The molecule has 0 amide bonds. The molecule has 18 heteroatoms. The SMILES string of the molecule is CC[C@H]1OC(=O)[C@H](C)[C@@H](O[C@H]2C[C@@](C)(OC)[C@@H](O)[C@H](C)O2)[C@H](C)[C@@H](O[C@@H]2O[C@H](C)C[C@H](N(C)CCc3cn(Cc4ccccn4)nn3)[C@H]2O)[C@@]2(C)C[C@@H](CO2)C(=O)[C@H](C)[C@@H](O)[C@]1(C)O. The molecule has 2 aromatic rings. The first kappa shape index (κ1) is 50.4. The van der Waals surface area contributed by atoms with Crippen LogP contribution in [0.3, 0.4) is 0 Å². The Morgan fingerprint density at radius 1 is 0.969 bits per heavy atom. The monoisotopic (exact) mass is 904 g/mol. The summed E-state index contributed by atoms with van der Waals surface area (Å²) >= 11 is 0. The topological polar surface area (TPSA) is 227 Å². The van der Waals surface area contributed by atoms with Crippen LogP contribution in [0.1, 0.15) is 99.4 Å². The van der Waals surface area contributed by atoms with Crippen molar-refractivity contribution in [3.63, 3.8) is 0 Å². The zero-order valence-corrected chi connectivity index (χ0v) is 39.4. The standard InChI is InChI=1S/C46H73N5O13/c1-12-34-46(9,57)39(54)26(3)36(52)30-20-45(8,59-24-30)41(27(4)38(28(5)42(56)62-34)63-35-21-44(7,58-11)40(55)29(6)61-35)64-43-37(53)33(19-25(2)60-43)50(10)18-16-32-23-51(49-48-32)22-31-15-13-14-17-47-31/h13-15,17,23,25-30,33-35,37-41,43,53-55,57H,12,16,18-22,24H2,1-11H3/t25-,26+,27+,28-,29+,30+,33+,34-,35+,37-,38+,39-,40+,41-,43+,44-,45-,46-/m1/s1. The molecule has 18 nitrogen and oxygen atoms in total. The maximum absolute atomic E-state index is 14.4. The third kappa shape index (κ3) is 10.7. The van der Waals surface area contributed by atoms with E-state index >= 15 is 0 Å². The molecule has 64 heavy (non-hydrogen) atoms. The number of aromatic nitrogens is 4. The lowest BCUT2D eigenvalue weighted by Gasteiger charge is -2.49. The van der Waals surface area contributed by atoms with Crippen LogP contribution in [0.15, 0.2) is 30.6 Å². The zero-order valence-electron chi connectivity index (χ0n) is 39.4. The number of ether oxygens (including phenoxy) is 7. The van der Waals surface area contributed by atoms with E-state index in [0.29, 0.717) is 25.9 Å². The molecule has 4 aliphatic rings. The first-order valence-electron chi connectivity index (χ1n) is 22.9. The Labute approximate surface area is 377 Å². The minimum atomic E-state index is -1.98. The van der Waals surface area contributed by atoms with E-state index in [0.717, 1.165) is 11.4 Å². The largest absolute Gasteiger partial charge is 0.459 e. The lowest BCUT2D eigenvalue weighted by Crippen LogP contribution is -2.61. The second kappa shape index (κ2) is 20.5. The minimum Gasteiger partial charge on any atom is -0.459 e. The predicted molar refractivity (Wildman–Crippen MR) is 230 cm³/mol. The number of rotatable bonds is 12. The van der Waals surface area contributed by atoms with Gasteiger partial charge in [0, 0.05) is 62.7 Å². The zero-order chi connectivity index (χ0) is 46.9. The third-order valence-electron chi connectivity index (χ3n) is 14.5. The van der Waals surface area contributed by atoms with E-state index in [9.17, 15) is 30.0 Å². The molecular weight excluding hydrogens is 831 g/mol. The smallest absolute Gasteiger partial charge is 0.311 e. The number of nitrogens with zero attached hydrogens (tertiary/aromatic N) is 5. The molecule has 0 radical (unpaired) electrons. The molecule has 0 aromatic carbocycles. The second-order valence-electron chi connectivity index (χ2n) is 19.5. The molecule has 4 N–H and O–H groups in total. The molecule has 2 aromatic heterocycles. The number of hydrogen-bond acceptors (Lipinski definition) is 17. The normalized spacial score (nSPS) is 42.7. The summed E-state index contributed by atoms with van der Waals surface area (Å²) in [4.78, 5) is 35.0. The van der Waals surface area contributed by atoms with Crippen molar-refractivity contribution >= 4 is 11.8 Å². The van der Waals surface area contributed by atoms with Crippen LogP contribution in [0, 0.1) is 23.7 Å². The van der Waals surface area contributed by atoms with E-state index in [1.54, 1.807) is 45.5 Å². The van der Waals surface area contributed by atoms with E-state index in [-0.39, 0.29) is 37.8 Å². The number of fused-ring (bicyclic) bond motifs is 2. The molecule has 18 atom stereocenters. The molecule has 360 valence electrons. The summed E-state index contributed by atoms with van der Waals surface area (Å²) in [5, 5.41) is 55.1. The first-order chi connectivity index (χ1) is 30.1. The molecular formula is C46H73N5O13. The summed E-state index contributed by atoms with van der Waals surface area (Å²) in [5.74, 6) is -4.51. The van der Waals surface area contributed by atoms with Gasteiger partial charge in [0.1, 0.15) is 29.7 Å². The number of aliphatic hydroxyl groups excluding tert-OH is 3. The molecule has 0 aliphatic carbocycles. The van der Waals surface area contributed by atoms with Crippen LogP contribution in [0.5, 0.6) is 0 Å². The summed E-state index contributed by atoms with van der Waals surface area (Å²) in [6, 6.07) is 5.33. The molecule has 2 bridgehead atoms. The number of aliphatic hydroxyl groups is 4. The number of ketones is 1. The summed E-state index contributed by atoms with van der Waals surface area (Å²) in [6.07, 6.45) is -4.89. The molecule has 4 aliphatic heterocycles. The van der Waals surface area contributed by atoms with E-state index in [2.05, 4.69) is 20.2 Å². The Kier molecular flexibility index (Phi) is 16.1. The average molecular weight is 904 g/mol. The van der Waals surface area contributed by atoms with Crippen LogP contribution in [0.4, 0.5) is 0 Å². The number of carbonyl (C=O) groups excluding carboxylic acids is 2. The van der Waals surface area contributed by atoms with Crippen LogP contribution >= 0.6 is 0 Å². The van der Waals surface area contributed by atoms with Crippen molar-refractivity contribution < 1.29 is 63.2 Å². The van der Waals surface area contributed by atoms with Gasteiger partial charge in [-0.05, 0) is 80.0 Å². The lowest BCUT2D eigenvalue weighted by atomic mass is 9.75. The van der Waals surface area contributed by atoms with Gasteiger partial charge < -0.3 is 58.5 Å². The lowest BCUT2D eigenvalue weighted by molar-refractivity contribution is -0.317. The van der Waals surface area contributed by atoms with Crippen LogP contribution in [0.2, 0.25) is 0 Å². The minimum absolute atomic E-state index is 0.00445. The number of esters is 1. The second-order valence-corrected chi connectivity index (χ2v) is 19.5. The number of pyridine rings is 1. The Balaban J connectivity index is 1.30.